The van der Waals surface area contributed by atoms with Crippen LogP contribution in [0.25, 0.3) is 0 Å². The fraction of sp³-hybridized carbons (Fsp3) is 0.540. The average molecular weight is 927 g/mol. The molecule has 2 N–H and O–H groups in total. The number of nitriles is 2. The highest BCUT2D eigenvalue weighted by molar-refractivity contribution is 6.23. The number of anilines is 1. The average Bonchev–Trinajstić information content (AvgIpc) is 3.57. The molecule has 5 amide bonds. The monoisotopic (exact) mass is 926 g/mol. The third-order valence-corrected chi connectivity index (χ3v) is 15.0. The molecule has 68 heavy (non-hydrogen) atoms. The molecule has 0 spiro atoms. The second-order valence-electron chi connectivity index (χ2n) is 20.1. The van der Waals surface area contributed by atoms with Crippen molar-refractivity contribution in [2.45, 2.75) is 96.6 Å². The summed E-state index contributed by atoms with van der Waals surface area (Å²) >= 11 is 0. The fourth-order valence-corrected chi connectivity index (χ4v) is 11.4. The number of ether oxygens (including phenoxy) is 3. The topological polar surface area (TPSA) is 223 Å². The lowest BCUT2D eigenvalue weighted by atomic mass is 9.49. The number of morpholine rings is 1. The number of nitrogens with one attached hydrogen (secondary N) is 2. The molecule has 6 aliphatic rings. The molecule has 2 aliphatic carbocycles. The zero-order valence-electron chi connectivity index (χ0n) is 39.0. The Hall–Kier alpha value is -6.47. The number of hydrogen-bond donors (Lipinski definition) is 2. The minimum atomic E-state index is -1.02. The van der Waals surface area contributed by atoms with E-state index in [9.17, 15) is 34.5 Å². The molecule has 18 heteroatoms. The van der Waals surface area contributed by atoms with Crippen LogP contribution in [0.2, 0.25) is 0 Å². The van der Waals surface area contributed by atoms with Gasteiger partial charge in [-0.15, -0.1) is 0 Å². The van der Waals surface area contributed by atoms with E-state index < -0.39 is 40.5 Å². The molecule has 3 saturated heterocycles. The quantitative estimate of drug-likeness (QED) is 0.220. The molecule has 4 aliphatic heterocycles. The molecule has 5 heterocycles. The van der Waals surface area contributed by atoms with Crippen LogP contribution in [0.4, 0.5) is 5.82 Å². The van der Waals surface area contributed by atoms with Crippen LogP contribution in [0.5, 0.6) is 11.5 Å². The Morgan fingerprint density at radius 3 is 2.24 bits per heavy atom. The molecule has 5 fully saturated rings. The van der Waals surface area contributed by atoms with Gasteiger partial charge in [0, 0.05) is 88.0 Å². The van der Waals surface area contributed by atoms with Gasteiger partial charge in [0.25, 0.3) is 17.7 Å². The number of amides is 5. The van der Waals surface area contributed by atoms with E-state index in [-0.39, 0.29) is 59.4 Å². The number of carbonyl (C=O) groups is 5. The molecule has 1 atom stereocenters. The molecule has 3 aromatic rings. The predicted molar refractivity (Wildman–Crippen MR) is 245 cm³/mol. The molecule has 2 aromatic carbocycles. The Kier molecular flexibility index (Phi) is 13.0. The molecular weight excluding hydrogens is 869 g/mol. The fourth-order valence-electron chi connectivity index (χ4n) is 11.4. The second kappa shape index (κ2) is 18.9. The summed E-state index contributed by atoms with van der Waals surface area (Å²) in [6, 6.07) is 12.9. The van der Waals surface area contributed by atoms with Crippen molar-refractivity contribution in [1.29, 1.82) is 10.5 Å². The highest BCUT2D eigenvalue weighted by atomic mass is 16.5. The zero-order valence-corrected chi connectivity index (χ0v) is 39.0. The summed E-state index contributed by atoms with van der Waals surface area (Å²) in [4.78, 5) is 81.9. The Labute approximate surface area is 395 Å². The largest absolute Gasteiger partial charge is 0.490 e. The van der Waals surface area contributed by atoms with Crippen molar-refractivity contribution < 1.29 is 38.2 Å². The first-order chi connectivity index (χ1) is 32.6. The van der Waals surface area contributed by atoms with E-state index >= 15 is 0 Å². The molecule has 1 aromatic heterocycles. The van der Waals surface area contributed by atoms with E-state index in [1.165, 1.54) is 0 Å². The summed E-state index contributed by atoms with van der Waals surface area (Å²) in [6.07, 6.45) is 6.69. The van der Waals surface area contributed by atoms with Crippen LogP contribution in [-0.2, 0) is 14.3 Å². The van der Waals surface area contributed by atoms with Gasteiger partial charge in [-0.1, -0.05) is 27.7 Å². The lowest BCUT2D eigenvalue weighted by Crippen LogP contribution is -2.74. The van der Waals surface area contributed by atoms with Crippen molar-refractivity contribution in [1.82, 2.24) is 35.3 Å². The Morgan fingerprint density at radius 2 is 1.56 bits per heavy atom. The van der Waals surface area contributed by atoms with Gasteiger partial charge in [0.1, 0.15) is 53.4 Å². The number of rotatable bonds is 14. The van der Waals surface area contributed by atoms with Crippen LogP contribution in [0, 0.1) is 39.4 Å². The van der Waals surface area contributed by atoms with E-state index in [1.807, 2.05) is 33.8 Å². The van der Waals surface area contributed by atoms with E-state index in [2.05, 4.69) is 36.4 Å². The summed E-state index contributed by atoms with van der Waals surface area (Å²) in [7, 11) is 0. The number of piperidine rings is 2. The summed E-state index contributed by atoms with van der Waals surface area (Å²) in [5.74, 6) is -0.229. The van der Waals surface area contributed by atoms with Crippen molar-refractivity contribution in [2.75, 3.05) is 63.9 Å². The smallest absolute Gasteiger partial charge is 0.271 e. The SMILES string of the molecule is CC1(C)C(NC(=O)c2cnc(N3CCC(CN(CCN4CCOCC4)C4CC(Oc5ccc6c(c5)C(=O)N([C@@H]5CCC(=O)NC5=O)C6=O)C4)CC3)cn2)C(C)(C)C1Oc1ccc(C#N)c(C#N)c1. The highest BCUT2D eigenvalue weighted by Crippen LogP contribution is 2.55. The van der Waals surface area contributed by atoms with Crippen molar-refractivity contribution in [3.05, 3.63) is 76.7 Å². The van der Waals surface area contributed by atoms with Crippen LogP contribution in [-0.4, -0.2) is 144 Å². The van der Waals surface area contributed by atoms with Gasteiger partial charge < -0.3 is 24.4 Å². The van der Waals surface area contributed by atoms with Crippen LogP contribution in [0.1, 0.15) is 109 Å². The molecule has 18 nitrogen and oxygen atoms in total. The number of carbonyl (C=O) groups excluding carboxylic acids is 5. The molecule has 9 rings (SSSR count). The zero-order chi connectivity index (χ0) is 47.9. The summed E-state index contributed by atoms with van der Waals surface area (Å²) in [5, 5.41) is 24.2. The lowest BCUT2D eigenvalue weighted by molar-refractivity contribution is -0.164. The van der Waals surface area contributed by atoms with Crippen molar-refractivity contribution in [3.63, 3.8) is 0 Å². The normalized spacial score (nSPS) is 25.7. The molecule has 0 bridgehead atoms. The van der Waals surface area contributed by atoms with Gasteiger partial charge in [-0.25, -0.2) is 9.97 Å². The lowest BCUT2D eigenvalue weighted by Gasteiger charge is -2.63. The first-order valence-electron chi connectivity index (χ1n) is 23.7. The molecule has 0 radical (unpaired) electrons. The maximum Gasteiger partial charge on any atom is 0.271 e. The first-order valence-corrected chi connectivity index (χ1v) is 23.7. The number of nitrogens with zero attached hydrogens (tertiary/aromatic N) is 8. The van der Waals surface area contributed by atoms with Crippen LogP contribution < -0.4 is 25.0 Å². The van der Waals surface area contributed by atoms with Gasteiger partial charge in [0.05, 0.1) is 47.9 Å². The third kappa shape index (κ3) is 9.12. The predicted octanol–water partition coefficient (Wildman–Crippen LogP) is 3.69. The van der Waals surface area contributed by atoms with Crippen molar-refractivity contribution >= 4 is 35.4 Å². The van der Waals surface area contributed by atoms with Gasteiger partial charge in [0.15, 0.2) is 0 Å². The molecule has 2 saturated carbocycles. The summed E-state index contributed by atoms with van der Waals surface area (Å²) < 4.78 is 18.4. The first kappa shape index (κ1) is 46.6. The minimum Gasteiger partial charge on any atom is -0.490 e. The Morgan fingerprint density at radius 1 is 0.868 bits per heavy atom. The minimum absolute atomic E-state index is 0.0508. The van der Waals surface area contributed by atoms with Gasteiger partial charge in [0.2, 0.25) is 11.8 Å². The summed E-state index contributed by atoms with van der Waals surface area (Å²) in [5.41, 5.74) is 0.311. The highest BCUT2D eigenvalue weighted by Gasteiger charge is 2.64. The van der Waals surface area contributed by atoms with Crippen molar-refractivity contribution in [3.8, 4) is 23.6 Å². The molecular formula is C50H58N10O8. The second-order valence-corrected chi connectivity index (χ2v) is 20.1. The van der Waals surface area contributed by atoms with Gasteiger partial charge in [-0.05, 0) is 61.6 Å². The summed E-state index contributed by atoms with van der Waals surface area (Å²) in [6.45, 7) is 16.0. The maximum absolute atomic E-state index is 13.6. The standard InChI is InChI=1S/C50H58N10O8/c1-49(2)47(50(3,4)48(49)68-34-6-5-31(25-51)32(21-34)26-52)56-43(62)39-27-54-41(28-53-39)58-13-11-30(12-14-58)29-59(16-15-57-17-19-66-20-18-57)33-22-36(23-33)67-35-7-8-37-38(24-35)46(65)60(45(37)64)40-9-10-42(61)55-44(40)63/h5-8,21,24,27-28,30,33,36,40,47-48H,9-20,22-23,29H2,1-4H3,(H,56,62)(H,55,61,63)/t33?,36?,40-,47?,48?/m1/s1. The number of hydrogen-bond acceptors (Lipinski definition) is 15. The number of imide groups is 2. The van der Waals surface area contributed by atoms with Crippen LogP contribution >= 0.6 is 0 Å². The van der Waals surface area contributed by atoms with Crippen molar-refractivity contribution in [2.24, 2.45) is 16.7 Å². The van der Waals surface area contributed by atoms with Gasteiger partial charge in [-0.2, -0.15) is 10.5 Å². The van der Waals surface area contributed by atoms with Crippen LogP contribution in [0.15, 0.2) is 48.8 Å². The van der Waals surface area contributed by atoms with E-state index in [1.54, 1.807) is 48.8 Å². The number of benzene rings is 2. The molecule has 356 valence electrons. The van der Waals surface area contributed by atoms with Gasteiger partial charge in [-0.3, -0.25) is 44.0 Å². The number of aromatic nitrogens is 2. The third-order valence-electron chi connectivity index (χ3n) is 15.0. The maximum atomic E-state index is 13.6. The molecule has 0 unspecified atom stereocenters. The van der Waals surface area contributed by atoms with Gasteiger partial charge >= 0.3 is 0 Å². The Balaban J connectivity index is 0.767. The van der Waals surface area contributed by atoms with E-state index in [0.29, 0.717) is 29.0 Å². The van der Waals surface area contributed by atoms with E-state index in [0.717, 1.165) is 95.4 Å². The number of fused-ring (bicyclic) bond motifs is 1. The van der Waals surface area contributed by atoms with E-state index in [4.69, 9.17) is 19.2 Å². The Bertz CT molecular complexity index is 2530. The van der Waals surface area contributed by atoms with Crippen LogP contribution in [0.3, 0.4) is 0 Å².